The van der Waals surface area contributed by atoms with Crippen LogP contribution >= 0.6 is 0 Å². The number of carbonyl (C=O) groups is 2. The van der Waals surface area contributed by atoms with E-state index in [0.29, 0.717) is 25.8 Å². The Morgan fingerprint density at radius 3 is 2.40 bits per heavy atom. The third-order valence-electron chi connectivity index (χ3n) is 1.90. The molecule has 0 aliphatic carbocycles. The number of unbranched alkanes of at least 4 members (excludes halogenated alkanes) is 1. The van der Waals surface area contributed by atoms with E-state index in [9.17, 15) is 9.59 Å². The van der Waals surface area contributed by atoms with Crippen molar-refractivity contribution in [2.75, 3.05) is 6.54 Å². The first-order chi connectivity index (χ1) is 6.95. The second kappa shape index (κ2) is 6.94. The maximum absolute atomic E-state index is 10.3. The summed E-state index contributed by atoms with van der Waals surface area (Å²) in [6.07, 6.45) is 1.66. The van der Waals surface area contributed by atoms with Crippen molar-refractivity contribution < 1.29 is 19.8 Å². The number of nitrogens with zero attached hydrogens (tertiary/aromatic N) is 1. The van der Waals surface area contributed by atoms with Crippen molar-refractivity contribution >= 4 is 17.7 Å². The lowest BCUT2D eigenvalue weighted by Crippen LogP contribution is -2.29. The molecule has 0 rings (SSSR count). The minimum atomic E-state index is -1.03. The predicted octanol–water partition coefficient (Wildman–Crippen LogP) is 0.114. The normalized spacial score (nSPS) is 13.6. The van der Waals surface area contributed by atoms with Crippen LogP contribution in [0.2, 0.25) is 0 Å². The Labute approximate surface area is 87.8 Å². The number of hydrogen-bond donors (Lipinski definition) is 3. The lowest BCUT2D eigenvalue weighted by molar-refractivity contribution is -0.138. The SMILES string of the molecule is CC(=NCCCC[C@H](N)C(=O)O)C(=O)O. The second-order valence-electron chi connectivity index (χ2n) is 3.21. The Morgan fingerprint density at radius 1 is 1.33 bits per heavy atom. The molecule has 86 valence electrons. The maximum Gasteiger partial charge on any atom is 0.349 e. The summed E-state index contributed by atoms with van der Waals surface area (Å²) >= 11 is 0. The zero-order valence-corrected chi connectivity index (χ0v) is 8.64. The van der Waals surface area contributed by atoms with Crippen LogP contribution in [-0.2, 0) is 9.59 Å². The number of rotatable bonds is 7. The van der Waals surface area contributed by atoms with Crippen molar-refractivity contribution in [3.63, 3.8) is 0 Å². The molecule has 0 aliphatic heterocycles. The van der Waals surface area contributed by atoms with Gasteiger partial charge in [-0.05, 0) is 26.2 Å². The number of hydrogen-bond acceptors (Lipinski definition) is 4. The first kappa shape index (κ1) is 13.6. The highest BCUT2D eigenvalue weighted by atomic mass is 16.4. The first-order valence-electron chi connectivity index (χ1n) is 4.68. The molecule has 0 aromatic carbocycles. The van der Waals surface area contributed by atoms with Gasteiger partial charge in [-0.2, -0.15) is 0 Å². The van der Waals surface area contributed by atoms with E-state index in [0.717, 1.165) is 0 Å². The fraction of sp³-hybridized carbons (Fsp3) is 0.667. The lowest BCUT2D eigenvalue weighted by Gasteiger charge is -2.04. The number of carboxylic acids is 2. The Kier molecular flexibility index (Phi) is 6.28. The van der Waals surface area contributed by atoms with Gasteiger partial charge >= 0.3 is 11.9 Å². The molecule has 0 unspecified atom stereocenters. The molecule has 0 aromatic heterocycles. The quantitative estimate of drug-likeness (QED) is 0.413. The van der Waals surface area contributed by atoms with Crippen LogP contribution in [0.25, 0.3) is 0 Å². The van der Waals surface area contributed by atoms with Crippen LogP contribution in [-0.4, -0.2) is 40.4 Å². The summed E-state index contributed by atoms with van der Waals surface area (Å²) < 4.78 is 0. The van der Waals surface area contributed by atoms with Crippen LogP contribution in [0.15, 0.2) is 4.99 Å². The monoisotopic (exact) mass is 216 g/mol. The van der Waals surface area contributed by atoms with Gasteiger partial charge < -0.3 is 15.9 Å². The van der Waals surface area contributed by atoms with E-state index in [4.69, 9.17) is 15.9 Å². The highest BCUT2D eigenvalue weighted by Gasteiger charge is 2.09. The second-order valence-corrected chi connectivity index (χ2v) is 3.21. The van der Waals surface area contributed by atoms with Crippen LogP contribution in [0.3, 0.4) is 0 Å². The van der Waals surface area contributed by atoms with Gasteiger partial charge in [0.1, 0.15) is 11.8 Å². The average molecular weight is 216 g/mol. The average Bonchev–Trinajstić information content (AvgIpc) is 2.16. The van der Waals surface area contributed by atoms with Crippen molar-refractivity contribution in [3.05, 3.63) is 0 Å². The third kappa shape index (κ3) is 6.62. The molecule has 4 N–H and O–H groups in total. The zero-order valence-electron chi connectivity index (χ0n) is 8.64. The number of aliphatic imine (C=N–C) groups is 1. The number of aliphatic carboxylic acids is 2. The van der Waals surface area contributed by atoms with Crippen LogP contribution in [0, 0.1) is 0 Å². The zero-order chi connectivity index (χ0) is 11.8. The van der Waals surface area contributed by atoms with E-state index < -0.39 is 18.0 Å². The topological polar surface area (TPSA) is 113 Å². The van der Waals surface area contributed by atoms with Crippen molar-refractivity contribution in [3.8, 4) is 0 Å². The van der Waals surface area contributed by atoms with Gasteiger partial charge in [0.25, 0.3) is 0 Å². The number of nitrogens with two attached hydrogens (primary N) is 1. The van der Waals surface area contributed by atoms with Crippen LogP contribution < -0.4 is 5.73 Å². The largest absolute Gasteiger partial charge is 0.480 e. The van der Waals surface area contributed by atoms with E-state index in [2.05, 4.69) is 4.99 Å². The van der Waals surface area contributed by atoms with Gasteiger partial charge in [-0.15, -0.1) is 0 Å². The van der Waals surface area contributed by atoms with E-state index in [-0.39, 0.29) is 5.71 Å². The number of carboxylic acid groups (broad SMARTS) is 2. The molecule has 1 atom stereocenters. The summed E-state index contributed by atoms with van der Waals surface area (Å²) in [5, 5.41) is 16.9. The van der Waals surface area contributed by atoms with Crippen LogP contribution in [0.1, 0.15) is 26.2 Å². The standard InChI is InChI=1S/C9H16N2O4/c1-6(8(12)13)11-5-3-2-4-7(10)9(14)15/h7H,2-5,10H2,1H3,(H,12,13)(H,14,15)/t7-/m0/s1. The molecular weight excluding hydrogens is 200 g/mol. The fourth-order valence-electron chi connectivity index (χ4n) is 0.914. The van der Waals surface area contributed by atoms with Crippen molar-refractivity contribution in [2.24, 2.45) is 10.7 Å². The molecule has 0 aromatic rings. The molecule has 0 saturated heterocycles. The summed E-state index contributed by atoms with van der Waals surface area (Å²) in [6, 6.07) is -0.838. The van der Waals surface area contributed by atoms with E-state index in [1.807, 2.05) is 0 Å². The van der Waals surface area contributed by atoms with Gasteiger partial charge in [0.2, 0.25) is 0 Å². The summed E-state index contributed by atoms with van der Waals surface area (Å²) in [5.74, 6) is -2.04. The molecule has 0 radical (unpaired) electrons. The molecule has 6 heteroatoms. The molecule has 0 fully saturated rings. The highest BCUT2D eigenvalue weighted by Crippen LogP contribution is 1.99. The summed E-state index contributed by atoms with van der Waals surface area (Å²) in [7, 11) is 0. The molecule has 0 aliphatic rings. The molecule has 15 heavy (non-hydrogen) atoms. The van der Waals surface area contributed by atoms with Gasteiger partial charge in [0.05, 0.1) is 0 Å². The minimum Gasteiger partial charge on any atom is -0.480 e. The molecule has 6 nitrogen and oxygen atoms in total. The van der Waals surface area contributed by atoms with E-state index in [1.54, 1.807) is 0 Å². The van der Waals surface area contributed by atoms with Crippen molar-refractivity contribution in [1.82, 2.24) is 0 Å². The maximum atomic E-state index is 10.3. The Bertz CT molecular complexity index is 263. The minimum absolute atomic E-state index is 0.0672. The molecule has 0 amide bonds. The van der Waals surface area contributed by atoms with E-state index >= 15 is 0 Å². The summed E-state index contributed by atoms with van der Waals surface area (Å²) in [6.45, 7) is 1.82. The van der Waals surface area contributed by atoms with Crippen LogP contribution in [0.5, 0.6) is 0 Å². The fourth-order valence-corrected chi connectivity index (χ4v) is 0.914. The van der Waals surface area contributed by atoms with Crippen molar-refractivity contribution in [2.45, 2.75) is 32.2 Å². The molecule has 0 saturated carbocycles. The Balaban J connectivity index is 3.60. The molecule has 0 heterocycles. The van der Waals surface area contributed by atoms with E-state index in [1.165, 1.54) is 6.92 Å². The summed E-state index contributed by atoms with van der Waals surface area (Å²) in [5.41, 5.74) is 5.34. The smallest absolute Gasteiger partial charge is 0.349 e. The van der Waals surface area contributed by atoms with Crippen LogP contribution in [0.4, 0.5) is 0 Å². The van der Waals surface area contributed by atoms with Gasteiger partial charge in [-0.3, -0.25) is 9.79 Å². The summed E-state index contributed by atoms with van der Waals surface area (Å²) in [4.78, 5) is 24.5. The molecular formula is C9H16N2O4. The molecule has 0 bridgehead atoms. The Hall–Kier alpha value is -1.43. The highest BCUT2D eigenvalue weighted by molar-refractivity contribution is 6.34. The van der Waals surface area contributed by atoms with Crippen molar-refractivity contribution in [1.29, 1.82) is 0 Å². The Morgan fingerprint density at radius 2 is 1.93 bits per heavy atom. The third-order valence-corrected chi connectivity index (χ3v) is 1.90. The van der Waals surface area contributed by atoms with Gasteiger partial charge in [-0.25, -0.2) is 4.79 Å². The molecule has 0 spiro atoms. The lowest BCUT2D eigenvalue weighted by atomic mass is 10.1. The van der Waals surface area contributed by atoms with Gasteiger partial charge in [-0.1, -0.05) is 0 Å². The van der Waals surface area contributed by atoms with Gasteiger partial charge in [0.15, 0.2) is 0 Å². The van der Waals surface area contributed by atoms with Gasteiger partial charge in [0, 0.05) is 6.54 Å². The predicted molar refractivity (Wildman–Crippen MR) is 55.1 cm³/mol. The first-order valence-corrected chi connectivity index (χ1v) is 4.68.